The average molecular weight is 303 g/mol. The van der Waals surface area contributed by atoms with Gasteiger partial charge in [0.25, 0.3) is 5.91 Å². The van der Waals surface area contributed by atoms with Gasteiger partial charge in [0.05, 0.1) is 12.6 Å². The number of hydrogen-bond acceptors (Lipinski definition) is 4. The lowest BCUT2D eigenvalue weighted by atomic mass is 10.2. The van der Waals surface area contributed by atoms with E-state index in [0.717, 1.165) is 0 Å². The number of carbonyl (C=O) groups is 1. The Morgan fingerprint density at radius 2 is 2.15 bits per heavy atom. The SMILES string of the molecule is CCC(COC)NC(=O)c1cc(S(N)(=O)=O)cn1CC. The summed E-state index contributed by atoms with van der Waals surface area (Å²) in [6.45, 7) is 4.62. The Labute approximate surface area is 119 Å². The number of amides is 1. The molecular formula is C12H21N3O4S. The zero-order valence-corrected chi connectivity index (χ0v) is 12.7. The first-order valence-corrected chi connectivity index (χ1v) is 7.90. The number of aryl methyl sites for hydroxylation is 1. The molecule has 0 aromatic carbocycles. The largest absolute Gasteiger partial charge is 0.383 e. The number of methoxy groups -OCH3 is 1. The first-order valence-electron chi connectivity index (χ1n) is 6.36. The third kappa shape index (κ3) is 4.06. The number of nitrogens with two attached hydrogens (primary N) is 1. The topological polar surface area (TPSA) is 103 Å². The monoisotopic (exact) mass is 303 g/mol. The molecule has 1 rings (SSSR count). The van der Waals surface area contributed by atoms with E-state index in [0.29, 0.717) is 19.6 Å². The molecule has 0 aliphatic heterocycles. The lowest BCUT2D eigenvalue weighted by molar-refractivity contribution is 0.0885. The molecule has 3 N–H and O–H groups in total. The van der Waals surface area contributed by atoms with Gasteiger partial charge in [0.2, 0.25) is 10.0 Å². The Morgan fingerprint density at radius 3 is 2.60 bits per heavy atom. The van der Waals surface area contributed by atoms with Crippen LogP contribution < -0.4 is 10.5 Å². The van der Waals surface area contributed by atoms with Gasteiger partial charge < -0.3 is 14.6 Å². The van der Waals surface area contributed by atoms with Crippen LogP contribution in [0.15, 0.2) is 17.2 Å². The molecule has 1 atom stereocenters. The van der Waals surface area contributed by atoms with E-state index in [2.05, 4.69) is 5.32 Å². The molecule has 8 heteroatoms. The van der Waals surface area contributed by atoms with Gasteiger partial charge in [-0.05, 0) is 19.4 Å². The van der Waals surface area contributed by atoms with Crippen molar-refractivity contribution in [1.82, 2.24) is 9.88 Å². The Hall–Kier alpha value is -1.38. The van der Waals surface area contributed by atoms with Crippen molar-refractivity contribution < 1.29 is 17.9 Å². The van der Waals surface area contributed by atoms with Gasteiger partial charge in [-0.3, -0.25) is 4.79 Å². The van der Waals surface area contributed by atoms with Crippen LogP contribution in [0.3, 0.4) is 0 Å². The van der Waals surface area contributed by atoms with E-state index in [-0.39, 0.29) is 22.5 Å². The van der Waals surface area contributed by atoms with E-state index in [9.17, 15) is 13.2 Å². The molecule has 0 aliphatic carbocycles. The van der Waals surface area contributed by atoms with E-state index in [1.165, 1.54) is 12.3 Å². The summed E-state index contributed by atoms with van der Waals surface area (Å²) in [5, 5.41) is 7.88. The highest BCUT2D eigenvalue weighted by atomic mass is 32.2. The zero-order chi connectivity index (χ0) is 15.3. The summed E-state index contributed by atoms with van der Waals surface area (Å²) in [7, 11) is -2.26. The first-order chi connectivity index (χ1) is 9.33. The molecule has 114 valence electrons. The summed E-state index contributed by atoms with van der Waals surface area (Å²) in [6.07, 6.45) is 2.08. The summed E-state index contributed by atoms with van der Waals surface area (Å²) < 4.78 is 29.2. The molecular weight excluding hydrogens is 282 g/mol. The fourth-order valence-electron chi connectivity index (χ4n) is 1.81. The molecule has 0 saturated heterocycles. The van der Waals surface area contributed by atoms with Crippen LogP contribution >= 0.6 is 0 Å². The number of nitrogens with zero attached hydrogens (tertiary/aromatic N) is 1. The molecule has 7 nitrogen and oxygen atoms in total. The lowest BCUT2D eigenvalue weighted by Gasteiger charge is -2.16. The molecule has 0 spiro atoms. The number of ether oxygens (including phenoxy) is 1. The predicted octanol–water partition coefficient (Wildman–Crippen LogP) is 0.310. The molecule has 0 radical (unpaired) electrons. The molecule has 1 aromatic rings. The van der Waals surface area contributed by atoms with Crippen LogP contribution in [0, 0.1) is 0 Å². The Balaban J connectivity index is 3.00. The van der Waals surface area contributed by atoms with Crippen molar-refractivity contribution in [3.05, 3.63) is 18.0 Å². The van der Waals surface area contributed by atoms with E-state index < -0.39 is 10.0 Å². The van der Waals surface area contributed by atoms with Crippen molar-refractivity contribution in [3.8, 4) is 0 Å². The minimum Gasteiger partial charge on any atom is -0.383 e. The maximum Gasteiger partial charge on any atom is 0.268 e. The van der Waals surface area contributed by atoms with Gasteiger partial charge in [-0.1, -0.05) is 6.92 Å². The van der Waals surface area contributed by atoms with Crippen LogP contribution in [0.5, 0.6) is 0 Å². The van der Waals surface area contributed by atoms with Crippen molar-refractivity contribution in [2.45, 2.75) is 37.8 Å². The quantitative estimate of drug-likeness (QED) is 0.756. The number of aromatic nitrogens is 1. The Kier molecular flexibility index (Phi) is 5.73. The van der Waals surface area contributed by atoms with Gasteiger partial charge in [0, 0.05) is 19.9 Å². The van der Waals surface area contributed by atoms with Gasteiger partial charge in [0.1, 0.15) is 10.6 Å². The number of sulfonamides is 1. The summed E-state index contributed by atoms with van der Waals surface area (Å²) in [4.78, 5) is 12.1. The molecule has 1 unspecified atom stereocenters. The van der Waals surface area contributed by atoms with Crippen molar-refractivity contribution in [3.63, 3.8) is 0 Å². The van der Waals surface area contributed by atoms with Gasteiger partial charge >= 0.3 is 0 Å². The van der Waals surface area contributed by atoms with Crippen molar-refractivity contribution in [2.75, 3.05) is 13.7 Å². The third-order valence-corrected chi connectivity index (χ3v) is 3.85. The van der Waals surface area contributed by atoms with Crippen molar-refractivity contribution >= 4 is 15.9 Å². The van der Waals surface area contributed by atoms with E-state index in [1.807, 2.05) is 13.8 Å². The highest BCUT2D eigenvalue weighted by Gasteiger charge is 2.20. The maximum absolute atomic E-state index is 12.2. The number of rotatable bonds is 7. The van der Waals surface area contributed by atoms with Crippen LogP contribution in [0.1, 0.15) is 30.8 Å². The zero-order valence-electron chi connectivity index (χ0n) is 11.9. The summed E-state index contributed by atoms with van der Waals surface area (Å²) in [5.74, 6) is -0.342. The van der Waals surface area contributed by atoms with E-state index >= 15 is 0 Å². The fourth-order valence-corrected chi connectivity index (χ4v) is 2.36. The predicted molar refractivity (Wildman–Crippen MR) is 74.9 cm³/mol. The molecule has 1 heterocycles. The maximum atomic E-state index is 12.2. The van der Waals surface area contributed by atoms with Crippen LogP contribution in [0.25, 0.3) is 0 Å². The van der Waals surface area contributed by atoms with Gasteiger partial charge in [0.15, 0.2) is 0 Å². The summed E-state index contributed by atoms with van der Waals surface area (Å²) in [6, 6.07) is 1.17. The van der Waals surface area contributed by atoms with Crippen LogP contribution in [0.4, 0.5) is 0 Å². The Bertz CT molecular complexity index is 565. The van der Waals surface area contributed by atoms with E-state index in [4.69, 9.17) is 9.88 Å². The average Bonchev–Trinajstić information content (AvgIpc) is 2.82. The smallest absolute Gasteiger partial charge is 0.268 e. The Morgan fingerprint density at radius 1 is 1.50 bits per heavy atom. The normalized spacial score (nSPS) is 13.2. The highest BCUT2D eigenvalue weighted by molar-refractivity contribution is 7.89. The van der Waals surface area contributed by atoms with Gasteiger partial charge in [-0.25, -0.2) is 13.6 Å². The van der Waals surface area contributed by atoms with Gasteiger partial charge in [-0.2, -0.15) is 0 Å². The standard InChI is InChI=1S/C12H21N3O4S/c1-4-9(8-19-3)14-12(16)11-6-10(20(13,17)18)7-15(11)5-2/h6-7,9H,4-5,8H2,1-3H3,(H,14,16)(H2,13,17,18). The lowest BCUT2D eigenvalue weighted by Crippen LogP contribution is -2.38. The molecule has 0 bridgehead atoms. The van der Waals surface area contributed by atoms with Gasteiger partial charge in [-0.15, -0.1) is 0 Å². The highest BCUT2D eigenvalue weighted by Crippen LogP contribution is 2.13. The van der Waals surface area contributed by atoms with Crippen molar-refractivity contribution in [2.24, 2.45) is 5.14 Å². The number of carbonyl (C=O) groups excluding carboxylic acids is 1. The second-order valence-electron chi connectivity index (χ2n) is 4.43. The summed E-state index contributed by atoms with van der Waals surface area (Å²) >= 11 is 0. The van der Waals surface area contributed by atoms with Crippen LogP contribution in [0.2, 0.25) is 0 Å². The molecule has 0 saturated carbocycles. The minimum absolute atomic E-state index is 0.0655. The van der Waals surface area contributed by atoms with E-state index in [1.54, 1.807) is 11.7 Å². The van der Waals surface area contributed by atoms with Crippen LogP contribution in [-0.4, -0.2) is 38.7 Å². The number of nitrogens with one attached hydrogen (secondary N) is 1. The van der Waals surface area contributed by atoms with Crippen LogP contribution in [-0.2, 0) is 21.3 Å². The number of hydrogen-bond donors (Lipinski definition) is 2. The number of primary sulfonamides is 1. The minimum atomic E-state index is -3.82. The first kappa shape index (κ1) is 16.7. The summed E-state index contributed by atoms with van der Waals surface area (Å²) in [5.41, 5.74) is 0.270. The molecule has 20 heavy (non-hydrogen) atoms. The third-order valence-electron chi connectivity index (χ3n) is 2.97. The fraction of sp³-hybridized carbons (Fsp3) is 0.583. The molecule has 0 aliphatic rings. The molecule has 1 amide bonds. The second kappa shape index (κ2) is 6.87. The second-order valence-corrected chi connectivity index (χ2v) is 5.99. The molecule has 0 fully saturated rings. The van der Waals surface area contributed by atoms with Crippen molar-refractivity contribution in [1.29, 1.82) is 0 Å². The molecule has 1 aromatic heterocycles.